The second-order valence-corrected chi connectivity index (χ2v) is 7.44. The maximum absolute atomic E-state index is 13.4. The van der Waals surface area contributed by atoms with Crippen molar-refractivity contribution < 1.29 is 18.7 Å². The first kappa shape index (κ1) is 21.7. The monoisotopic (exact) mass is 429 g/mol. The van der Waals surface area contributed by atoms with Crippen LogP contribution in [0.3, 0.4) is 0 Å². The van der Waals surface area contributed by atoms with Crippen molar-refractivity contribution in [3.8, 4) is 22.8 Å². The normalized spacial score (nSPS) is 10.8. The van der Waals surface area contributed by atoms with Crippen molar-refractivity contribution in [2.24, 2.45) is 0 Å². The lowest BCUT2D eigenvalue weighted by molar-refractivity contribution is -0.117. The molecule has 0 aliphatic carbocycles. The molecule has 0 aliphatic rings. The zero-order valence-corrected chi connectivity index (χ0v) is 18.0. The molecule has 6 nitrogen and oxygen atoms in total. The smallest absolute Gasteiger partial charge is 0.240 e. The fraction of sp³-hybridized carbons (Fsp3) is 0.273. The Labute approximate surface area is 179 Å². The van der Waals surface area contributed by atoms with E-state index in [1.54, 1.807) is 26.4 Å². The number of hydrogen-bond donors (Lipinski definition) is 1. The van der Waals surface area contributed by atoms with Crippen LogP contribution in [0.4, 0.5) is 9.52 Å². The fourth-order valence-electron chi connectivity index (χ4n) is 3.00. The highest BCUT2D eigenvalue weighted by atomic mass is 32.1. The minimum absolute atomic E-state index is 0.171. The minimum atomic E-state index is -0.280. The summed E-state index contributed by atoms with van der Waals surface area (Å²) in [5.74, 6) is 0.884. The summed E-state index contributed by atoms with van der Waals surface area (Å²) >= 11 is 1.34. The van der Waals surface area contributed by atoms with Gasteiger partial charge in [0.1, 0.15) is 17.3 Å². The summed E-state index contributed by atoms with van der Waals surface area (Å²) in [7, 11) is 3.18. The first-order valence-corrected chi connectivity index (χ1v) is 10.3. The number of ether oxygens (including phenoxy) is 2. The predicted octanol–water partition coefficient (Wildman–Crippen LogP) is 4.43. The Kier molecular flexibility index (Phi) is 7.37. The van der Waals surface area contributed by atoms with Crippen molar-refractivity contribution in [1.82, 2.24) is 9.88 Å². The average Bonchev–Trinajstić information content (AvgIpc) is 3.20. The Bertz CT molecular complexity index is 1010. The first-order chi connectivity index (χ1) is 14.5. The third-order valence-electron chi connectivity index (χ3n) is 4.54. The van der Waals surface area contributed by atoms with Gasteiger partial charge in [-0.3, -0.25) is 9.69 Å². The van der Waals surface area contributed by atoms with E-state index in [1.165, 1.54) is 23.5 Å². The molecule has 158 valence electrons. The number of nitrogens with one attached hydrogen (secondary N) is 1. The van der Waals surface area contributed by atoms with E-state index in [2.05, 4.69) is 10.3 Å². The van der Waals surface area contributed by atoms with E-state index in [0.717, 1.165) is 11.1 Å². The number of benzene rings is 2. The molecule has 0 saturated heterocycles. The second kappa shape index (κ2) is 10.2. The fourth-order valence-corrected chi connectivity index (χ4v) is 3.73. The molecule has 0 bridgehead atoms. The standard InChI is InChI=1S/C22H24FN3O3S/c1-4-26(12-15-6-5-7-16(23)10-15)13-21(27)25-22-24-19(14-30-22)18-9-8-17(28-2)11-20(18)29-3/h5-11,14H,4,12-13H2,1-3H3,(H,24,25,27). The molecule has 0 saturated carbocycles. The summed E-state index contributed by atoms with van der Waals surface area (Å²) in [6, 6.07) is 11.9. The zero-order chi connectivity index (χ0) is 21.5. The van der Waals surface area contributed by atoms with Crippen LogP contribution >= 0.6 is 11.3 Å². The molecule has 0 unspecified atom stereocenters. The van der Waals surface area contributed by atoms with Gasteiger partial charge in [-0.2, -0.15) is 0 Å². The summed E-state index contributed by atoms with van der Waals surface area (Å²) in [6.07, 6.45) is 0. The Hall–Kier alpha value is -2.97. The summed E-state index contributed by atoms with van der Waals surface area (Å²) in [5.41, 5.74) is 2.35. The molecule has 3 aromatic rings. The molecule has 3 rings (SSSR count). The third kappa shape index (κ3) is 5.55. The molecule has 8 heteroatoms. The van der Waals surface area contributed by atoms with Gasteiger partial charge in [0.25, 0.3) is 0 Å². The van der Waals surface area contributed by atoms with Crippen molar-refractivity contribution >= 4 is 22.4 Å². The number of nitrogens with zero attached hydrogens (tertiary/aromatic N) is 2. The van der Waals surface area contributed by atoms with Gasteiger partial charge in [0.15, 0.2) is 5.13 Å². The average molecular weight is 430 g/mol. The van der Waals surface area contributed by atoms with E-state index < -0.39 is 0 Å². The van der Waals surface area contributed by atoms with Gasteiger partial charge in [-0.1, -0.05) is 19.1 Å². The number of amides is 1. The van der Waals surface area contributed by atoms with Crippen molar-refractivity contribution in [2.75, 3.05) is 32.6 Å². The lowest BCUT2D eigenvalue weighted by atomic mass is 10.1. The summed E-state index contributed by atoms with van der Waals surface area (Å²) in [6.45, 7) is 3.31. The SMILES string of the molecule is CCN(CC(=O)Nc1nc(-c2ccc(OC)cc2OC)cs1)Cc1cccc(F)c1. The lowest BCUT2D eigenvalue weighted by Crippen LogP contribution is -2.32. The Morgan fingerprint density at radius 2 is 2.03 bits per heavy atom. The van der Waals surface area contributed by atoms with Crippen molar-refractivity contribution in [3.05, 3.63) is 59.2 Å². The van der Waals surface area contributed by atoms with Crippen molar-refractivity contribution in [3.63, 3.8) is 0 Å². The molecule has 0 spiro atoms. The van der Waals surface area contributed by atoms with E-state index in [0.29, 0.717) is 35.4 Å². The van der Waals surface area contributed by atoms with E-state index in [9.17, 15) is 9.18 Å². The first-order valence-electron chi connectivity index (χ1n) is 9.47. The zero-order valence-electron chi connectivity index (χ0n) is 17.1. The molecule has 1 N–H and O–H groups in total. The topological polar surface area (TPSA) is 63.7 Å². The van der Waals surface area contributed by atoms with Crippen LogP contribution in [0.25, 0.3) is 11.3 Å². The highest BCUT2D eigenvalue weighted by molar-refractivity contribution is 7.14. The quantitative estimate of drug-likeness (QED) is 0.545. The summed E-state index contributed by atoms with van der Waals surface area (Å²) in [5, 5.41) is 5.22. The number of hydrogen-bond acceptors (Lipinski definition) is 6. The van der Waals surface area contributed by atoms with E-state index in [-0.39, 0.29) is 18.3 Å². The van der Waals surface area contributed by atoms with E-state index >= 15 is 0 Å². The third-order valence-corrected chi connectivity index (χ3v) is 5.30. The van der Waals surface area contributed by atoms with Crippen LogP contribution < -0.4 is 14.8 Å². The van der Waals surface area contributed by atoms with Crippen LogP contribution in [0.15, 0.2) is 47.8 Å². The number of carbonyl (C=O) groups excluding carboxylic acids is 1. The van der Waals surface area contributed by atoms with E-state index in [1.807, 2.05) is 35.4 Å². The molecular formula is C22H24FN3O3S. The molecule has 1 heterocycles. The van der Waals surface area contributed by atoms with Gasteiger partial charge in [-0.25, -0.2) is 9.37 Å². The predicted molar refractivity (Wildman–Crippen MR) is 117 cm³/mol. The van der Waals surface area contributed by atoms with Gasteiger partial charge in [0.2, 0.25) is 5.91 Å². The van der Waals surface area contributed by atoms with Crippen LogP contribution in [0.2, 0.25) is 0 Å². The number of halogens is 1. The molecule has 1 aromatic heterocycles. The number of methoxy groups -OCH3 is 2. The number of aromatic nitrogens is 1. The molecule has 0 aliphatic heterocycles. The molecule has 1 amide bonds. The van der Waals surface area contributed by atoms with Gasteiger partial charge < -0.3 is 14.8 Å². The van der Waals surface area contributed by atoms with Crippen molar-refractivity contribution in [1.29, 1.82) is 0 Å². The lowest BCUT2D eigenvalue weighted by Gasteiger charge is -2.19. The molecule has 2 aromatic carbocycles. The summed E-state index contributed by atoms with van der Waals surface area (Å²) < 4.78 is 24.0. The molecular weight excluding hydrogens is 405 g/mol. The molecule has 0 fully saturated rings. The highest BCUT2D eigenvalue weighted by Gasteiger charge is 2.15. The van der Waals surface area contributed by atoms with Crippen LogP contribution in [0.1, 0.15) is 12.5 Å². The van der Waals surface area contributed by atoms with Gasteiger partial charge in [-0.15, -0.1) is 11.3 Å². The van der Waals surface area contributed by atoms with Gasteiger partial charge in [0, 0.05) is 23.6 Å². The number of anilines is 1. The summed E-state index contributed by atoms with van der Waals surface area (Å²) in [4.78, 5) is 18.9. The van der Waals surface area contributed by atoms with E-state index in [4.69, 9.17) is 9.47 Å². The van der Waals surface area contributed by atoms with Crippen LogP contribution in [-0.2, 0) is 11.3 Å². The maximum Gasteiger partial charge on any atom is 0.240 e. The number of thiazole rings is 1. The van der Waals surface area contributed by atoms with Gasteiger partial charge >= 0.3 is 0 Å². The van der Waals surface area contributed by atoms with Crippen molar-refractivity contribution in [2.45, 2.75) is 13.5 Å². The molecule has 30 heavy (non-hydrogen) atoms. The van der Waals surface area contributed by atoms with Crippen LogP contribution in [-0.4, -0.2) is 43.1 Å². The number of rotatable bonds is 9. The Morgan fingerprint density at radius 3 is 2.73 bits per heavy atom. The van der Waals surface area contributed by atoms with Gasteiger partial charge in [-0.05, 0) is 36.4 Å². The maximum atomic E-state index is 13.4. The van der Waals surface area contributed by atoms with Gasteiger partial charge in [0.05, 0.1) is 26.5 Å². The molecule has 0 atom stereocenters. The Morgan fingerprint density at radius 1 is 1.20 bits per heavy atom. The largest absolute Gasteiger partial charge is 0.497 e. The highest BCUT2D eigenvalue weighted by Crippen LogP contribution is 2.34. The molecule has 0 radical (unpaired) electrons. The minimum Gasteiger partial charge on any atom is -0.497 e. The second-order valence-electron chi connectivity index (χ2n) is 6.59. The number of likely N-dealkylation sites (N-methyl/N-ethyl adjacent to an activating group) is 1. The van der Waals surface area contributed by atoms with Crippen LogP contribution in [0.5, 0.6) is 11.5 Å². The van der Waals surface area contributed by atoms with Crippen LogP contribution in [0, 0.1) is 5.82 Å². The Balaban J connectivity index is 1.64. The number of carbonyl (C=O) groups is 1.